The average molecular weight is 1710 g/mol. The van der Waals surface area contributed by atoms with Crippen LogP contribution in [-0.4, -0.2) is 240 Å². The highest BCUT2D eigenvalue weighted by Gasteiger charge is 2.33. The van der Waals surface area contributed by atoms with Crippen LogP contribution < -0.4 is 118 Å². The molecule has 0 bridgehead atoms. The Labute approximate surface area is 705 Å². The smallest absolute Gasteiger partial charge is 0.421 e. The van der Waals surface area contributed by atoms with Crippen LogP contribution in [0.4, 0.5) is 4.79 Å². The summed E-state index contributed by atoms with van der Waals surface area (Å²) in [4.78, 5) is 251. The van der Waals surface area contributed by atoms with Crippen molar-refractivity contribution in [2.24, 2.45) is 5.73 Å². The molecule has 2 aromatic carbocycles. The Bertz CT molecular complexity index is 3860. The standard InChI is InChI=1S/C33H43N7O8.C20H36N8O7.C20H35N7O7.C2H6.2CH4/c1-17(15-41)34-28(42)18(2)35-29(43)19(3)36-30(44)20(4)37-31(45)21(5)38-32(46)22(6)39-40-33(47)48-16-27-25-13-9-7-11-23(25)24-12-8-10-14-26(24)27;1-8(15(21)30)22-16(31)9(2)23-17(32)10(3)24-18(33)11(4)25-19(34)12(5)26-20(35)13(6)27-28-14(7)29;1-9(8-28)21-16(30)10(2)22-17(31)11(3)23-18(32)12(4)24-19(33)13(5)25-20(34)14(6)26-27-15(7)29;1-2;;/h7-15,17-22,27,39H,16H2,1-6H3,(H,34,42)(H,35,43)(H,36,44)(H,37,45)(H,38,46)(H,40,47);8-13,27H,1-7H3,(H2,21,30)(H,22,31)(H,23,32)(H,24,33)(H,25,34)(H,26,35)(H,28,29);8-14,26H,1-7H3,(H,21,30)(H,22,31)(H,23,32)(H,24,33)(H,25,34)(H,27,29);1-2H3;2*1H4/t17?,18-,19?,20-,21?,22-;8-,9?,10-,11?,12-,13?;9-,10?,11-,12?,13-,14?;;;/m000.../s1. The zero-order chi connectivity index (χ0) is 91.6. The quantitative estimate of drug-likeness (QED) is 0.0219. The van der Waals surface area contributed by atoms with Gasteiger partial charge in [-0.25, -0.2) is 21.1 Å². The van der Waals surface area contributed by atoms with Crippen LogP contribution in [0.2, 0.25) is 0 Å². The van der Waals surface area contributed by atoms with Crippen LogP contribution >= 0.6 is 0 Å². The summed E-state index contributed by atoms with van der Waals surface area (Å²) < 4.78 is 5.44. The molecule has 1 aliphatic rings. The summed E-state index contributed by atoms with van der Waals surface area (Å²) in [6.45, 7) is 32.2. The van der Waals surface area contributed by atoms with Crippen LogP contribution in [0.15, 0.2) is 48.5 Å². The molecule has 18 atom stereocenters. The number of hydrazine groups is 3. The van der Waals surface area contributed by atoms with E-state index in [1.807, 2.05) is 62.4 Å². The Kier molecular flexibility index (Phi) is 52.8. The maximum atomic E-state index is 12.7. The Balaban J connectivity index is -0.00000173. The van der Waals surface area contributed by atoms with E-state index in [4.69, 9.17) is 10.5 Å². The molecule has 23 N–H and O–H groups in total. The summed E-state index contributed by atoms with van der Waals surface area (Å²) in [5.41, 5.74) is 23.7. The molecule has 1 aliphatic carbocycles. The fraction of sp³-hybridized carbons (Fsp3) is 0.571. The van der Waals surface area contributed by atoms with E-state index in [1.165, 1.54) is 138 Å². The number of amides is 19. The molecule has 19 amide bonds. The van der Waals surface area contributed by atoms with Gasteiger partial charge in [0.05, 0.1) is 12.1 Å². The number of aldehydes is 2. The first-order valence-corrected chi connectivity index (χ1v) is 38.1. The molecular weight excluding hydrogens is 1580 g/mol. The van der Waals surface area contributed by atoms with E-state index in [0.29, 0.717) is 12.6 Å². The Morgan fingerprint density at radius 3 is 0.678 bits per heavy atom. The molecule has 0 fully saturated rings. The number of hydrogen-bond acceptors (Lipinski definition) is 25. The van der Waals surface area contributed by atoms with Crippen LogP contribution in [0.3, 0.4) is 0 Å². The van der Waals surface area contributed by atoms with E-state index in [0.717, 1.165) is 22.3 Å². The molecular formula is C77H128N22O22. The fourth-order valence-corrected chi connectivity index (χ4v) is 9.44. The monoisotopic (exact) mass is 1710 g/mol. The van der Waals surface area contributed by atoms with Crippen molar-refractivity contribution < 1.29 is 105 Å². The number of fused-ring (bicyclic) bond motifs is 3. The van der Waals surface area contributed by atoms with E-state index >= 15 is 0 Å². The molecule has 678 valence electrons. The third-order valence-electron chi connectivity index (χ3n) is 16.8. The van der Waals surface area contributed by atoms with Crippen molar-refractivity contribution in [2.45, 2.75) is 282 Å². The van der Waals surface area contributed by atoms with Gasteiger partial charge in [-0.1, -0.05) is 77.2 Å². The number of carbonyl (C=O) groups is 21. The first-order valence-electron chi connectivity index (χ1n) is 38.1. The van der Waals surface area contributed by atoms with Gasteiger partial charge in [-0.05, 0) is 147 Å². The topological polar surface area (TPSA) is 646 Å². The van der Waals surface area contributed by atoms with Gasteiger partial charge in [-0.15, -0.1) is 0 Å². The van der Waals surface area contributed by atoms with Crippen molar-refractivity contribution in [2.75, 3.05) is 6.61 Å². The molecule has 0 heterocycles. The molecule has 2 aromatic rings. The van der Waals surface area contributed by atoms with Crippen LogP contribution in [0.5, 0.6) is 0 Å². The van der Waals surface area contributed by atoms with E-state index in [2.05, 4.69) is 112 Å². The van der Waals surface area contributed by atoms with Crippen LogP contribution in [0.25, 0.3) is 11.1 Å². The number of ether oxygens (including phenoxy) is 1. The molecule has 121 heavy (non-hydrogen) atoms. The normalized spacial score (nSPS) is 15.1. The summed E-state index contributed by atoms with van der Waals surface area (Å²) >= 11 is 0. The van der Waals surface area contributed by atoms with Gasteiger partial charge in [-0.2, -0.15) is 0 Å². The van der Waals surface area contributed by atoms with E-state index < -0.39 is 221 Å². The lowest BCUT2D eigenvalue weighted by Crippen LogP contribution is -2.57. The number of benzene rings is 2. The van der Waals surface area contributed by atoms with Gasteiger partial charge in [0.1, 0.15) is 116 Å². The van der Waals surface area contributed by atoms with Crippen molar-refractivity contribution in [3.05, 3.63) is 59.7 Å². The summed E-state index contributed by atoms with van der Waals surface area (Å²) in [5.74, 6) is -11.1. The maximum Gasteiger partial charge on any atom is 0.421 e. The number of nitrogens with two attached hydrogens (primary N) is 1. The maximum absolute atomic E-state index is 12.7. The van der Waals surface area contributed by atoms with Crippen LogP contribution in [-0.2, 0) is 101 Å². The predicted octanol–water partition coefficient (Wildman–Crippen LogP) is -4.80. The predicted molar refractivity (Wildman–Crippen MR) is 444 cm³/mol. The van der Waals surface area contributed by atoms with Crippen molar-refractivity contribution in [1.29, 1.82) is 0 Å². The Morgan fingerprint density at radius 2 is 0.479 bits per heavy atom. The van der Waals surface area contributed by atoms with Crippen molar-refractivity contribution in [3.63, 3.8) is 0 Å². The molecule has 44 heteroatoms. The highest BCUT2D eigenvalue weighted by molar-refractivity contribution is 5.99. The van der Waals surface area contributed by atoms with Gasteiger partial charge in [0, 0.05) is 19.8 Å². The van der Waals surface area contributed by atoms with E-state index in [1.54, 1.807) is 0 Å². The molecule has 44 nitrogen and oxygen atoms in total. The highest BCUT2D eigenvalue weighted by Crippen LogP contribution is 2.44. The summed E-state index contributed by atoms with van der Waals surface area (Å²) in [6.07, 6.45) is 0.303. The summed E-state index contributed by atoms with van der Waals surface area (Å²) in [6, 6.07) is -1.35. The van der Waals surface area contributed by atoms with Crippen molar-refractivity contribution in [3.8, 4) is 11.1 Å². The molecule has 0 spiro atoms. The van der Waals surface area contributed by atoms with Gasteiger partial charge >= 0.3 is 6.09 Å². The van der Waals surface area contributed by atoms with E-state index in [-0.39, 0.29) is 27.4 Å². The first-order chi connectivity index (χ1) is 55.5. The van der Waals surface area contributed by atoms with Crippen LogP contribution in [0.1, 0.15) is 184 Å². The molecule has 0 aliphatic heterocycles. The zero-order valence-electron chi connectivity index (χ0n) is 71.0. The fourth-order valence-electron chi connectivity index (χ4n) is 9.44. The minimum Gasteiger partial charge on any atom is -0.448 e. The van der Waals surface area contributed by atoms with Gasteiger partial charge in [0.15, 0.2) is 0 Å². The zero-order valence-corrected chi connectivity index (χ0v) is 71.0. The summed E-state index contributed by atoms with van der Waals surface area (Å²) in [5, 5.41) is 36.3. The Hall–Kier alpha value is -12.6. The Morgan fingerprint density at radius 1 is 0.298 bits per heavy atom. The lowest BCUT2D eigenvalue weighted by molar-refractivity contribution is -0.134. The number of nitrogens with one attached hydrogen (secondary N) is 21. The molecule has 0 aromatic heterocycles. The van der Waals surface area contributed by atoms with Crippen LogP contribution in [0, 0.1) is 0 Å². The number of carbonyl (C=O) groups excluding carboxylic acids is 21. The minimum absolute atomic E-state index is 0. The second-order valence-corrected chi connectivity index (χ2v) is 27.7. The highest BCUT2D eigenvalue weighted by atomic mass is 16.6. The molecule has 0 saturated carbocycles. The molecule has 3 rings (SSSR count). The second-order valence-electron chi connectivity index (χ2n) is 27.7. The second kappa shape index (κ2) is 56.7. The SMILES string of the molecule is C.C.CC.CC(=O)NNC(C)C(=O)N[C@@H](C)C(=O)NC(C)C(=O)N[C@@H](C)C(=O)NC(C)C(=O)N[C@@H](C)C(N)=O.CC(=O)NNC(C)C(=O)N[C@@H](C)C(=O)NC(C)C(=O)N[C@@H](C)C(=O)NC(C)C(=O)N[C@@H](C)C=O.CC(C=O)NC(=O)[C@H](C)NC(=O)C(C)NC(=O)[C@H](C)NC(=O)C(C)NC(=O)[C@H](C)NNC(=O)OCC1c2ccccc2-c2ccccc21. The average Bonchev–Trinajstić information content (AvgIpc) is 1.62. The summed E-state index contributed by atoms with van der Waals surface area (Å²) in [7, 11) is 0. The van der Waals surface area contributed by atoms with Crippen molar-refractivity contribution >= 4 is 125 Å². The third kappa shape index (κ3) is 41.6. The number of primary amides is 1. The van der Waals surface area contributed by atoms with Gasteiger partial charge < -0.3 is 99.8 Å². The van der Waals surface area contributed by atoms with Crippen molar-refractivity contribution in [1.82, 2.24) is 112 Å². The number of rotatable bonds is 41. The van der Waals surface area contributed by atoms with E-state index in [9.17, 15) is 101 Å². The van der Waals surface area contributed by atoms with Gasteiger partial charge in [0.25, 0.3) is 0 Å². The van der Waals surface area contributed by atoms with Gasteiger partial charge in [-0.3, -0.25) is 103 Å². The first kappa shape index (κ1) is 113. The lowest BCUT2D eigenvalue weighted by atomic mass is 9.98. The largest absolute Gasteiger partial charge is 0.448 e. The molecule has 0 saturated heterocycles. The van der Waals surface area contributed by atoms with Gasteiger partial charge in [0.2, 0.25) is 106 Å². The minimum atomic E-state index is -1.08. The molecule has 9 unspecified atom stereocenters. The molecule has 0 radical (unpaired) electrons. The number of hydrogen-bond donors (Lipinski definition) is 22. The third-order valence-corrected chi connectivity index (χ3v) is 16.8. The lowest BCUT2D eigenvalue weighted by Gasteiger charge is -2.22.